The van der Waals surface area contributed by atoms with Gasteiger partial charge in [0.25, 0.3) is 0 Å². The van der Waals surface area contributed by atoms with Crippen LogP contribution in [0.5, 0.6) is 0 Å². The number of hydrogen-bond acceptors (Lipinski definition) is 4. The van der Waals surface area contributed by atoms with Crippen LogP contribution in [-0.4, -0.2) is 26.5 Å². The number of sulfone groups is 1. The zero-order chi connectivity index (χ0) is 17.4. The van der Waals surface area contributed by atoms with Crippen LogP contribution in [-0.2, 0) is 9.84 Å². The van der Waals surface area contributed by atoms with Crippen molar-refractivity contribution in [1.82, 2.24) is 4.98 Å². The molecular formula is C19H17ClN2O2S. The first-order valence-corrected chi connectivity index (χ1v) is 10.1. The second-order valence-electron chi connectivity index (χ2n) is 6.14. The second kappa shape index (κ2) is 6.32. The Labute approximate surface area is 152 Å². The van der Waals surface area contributed by atoms with E-state index in [4.69, 9.17) is 11.6 Å². The van der Waals surface area contributed by atoms with Gasteiger partial charge in [-0.3, -0.25) is 4.98 Å². The lowest BCUT2D eigenvalue weighted by atomic mass is 10.2. The quantitative estimate of drug-likeness (QED) is 0.687. The summed E-state index contributed by atoms with van der Waals surface area (Å²) in [6.45, 7) is 1.72. The summed E-state index contributed by atoms with van der Waals surface area (Å²) in [6, 6.07) is 14.0. The molecule has 25 heavy (non-hydrogen) atoms. The fourth-order valence-electron chi connectivity index (χ4n) is 3.31. The molecule has 128 valence electrons. The van der Waals surface area contributed by atoms with Crippen LogP contribution < -0.4 is 4.90 Å². The summed E-state index contributed by atoms with van der Waals surface area (Å²) in [6.07, 6.45) is 3.62. The lowest BCUT2D eigenvalue weighted by Gasteiger charge is -2.23. The fraction of sp³-hybridized carbons (Fsp3) is 0.211. The van der Waals surface area contributed by atoms with Crippen LogP contribution in [0.4, 0.5) is 5.69 Å². The van der Waals surface area contributed by atoms with Crippen molar-refractivity contribution in [3.63, 3.8) is 0 Å². The van der Waals surface area contributed by atoms with Crippen LogP contribution in [0, 0.1) is 0 Å². The van der Waals surface area contributed by atoms with E-state index in [0.717, 1.165) is 42.5 Å². The van der Waals surface area contributed by atoms with Gasteiger partial charge in [-0.25, -0.2) is 8.42 Å². The van der Waals surface area contributed by atoms with Gasteiger partial charge in [0.2, 0.25) is 9.84 Å². The van der Waals surface area contributed by atoms with Gasteiger partial charge < -0.3 is 4.90 Å². The van der Waals surface area contributed by atoms with Gasteiger partial charge in [-0.15, -0.1) is 0 Å². The molecule has 0 radical (unpaired) electrons. The number of fused-ring (bicyclic) bond motifs is 1. The van der Waals surface area contributed by atoms with E-state index in [1.165, 1.54) is 6.20 Å². The van der Waals surface area contributed by atoms with Crippen LogP contribution in [0.15, 0.2) is 64.5 Å². The van der Waals surface area contributed by atoms with Crippen molar-refractivity contribution in [2.45, 2.75) is 22.6 Å². The topological polar surface area (TPSA) is 50.3 Å². The molecule has 2 heterocycles. The SMILES string of the molecule is O=S(=O)(c1ccc(Cl)cc1)c1cnc2ccccc2c1N1CCCC1. The van der Waals surface area contributed by atoms with Gasteiger partial charge in [0.05, 0.1) is 16.1 Å². The average Bonchev–Trinajstić information content (AvgIpc) is 3.15. The van der Waals surface area contributed by atoms with Crippen molar-refractivity contribution in [3.8, 4) is 0 Å². The van der Waals surface area contributed by atoms with E-state index in [2.05, 4.69) is 9.88 Å². The van der Waals surface area contributed by atoms with E-state index < -0.39 is 9.84 Å². The predicted octanol–water partition coefficient (Wildman–Crippen LogP) is 4.32. The third-order valence-corrected chi connectivity index (χ3v) is 6.57. The molecule has 6 heteroatoms. The molecule has 1 saturated heterocycles. The Morgan fingerprint density at radius 1 is 0.960 bits per heavy atom. The minimum atomic E-state index is -3.68. The van der Waals surface area contributed by atoms with Crippen molar-refractivity contribution >= 4 is 38.0 Å². The van der Waals surface area contributed by atoms with E-state index in [0.29, 0.717) is 5.02 Å². The molecule has 0 aliphatic carbocycles. The monoisotopic (exact) mass is 372 g/mol. The predicted molar refractivity (Wildman–Crippen MR) is 100 cm³/mol. The molecule has 0 atom stereocenters. The maximum atomic E-state index is 13.3. The molecule has 1 aromatic heterocycles. The van der Waals surface area contributed by atoms with Gasteiger partial charge in [-0.2, -0.15) is 0 Å². The molecule has 2 aromatic carbocycles. The van der Waals surface area contributed by atoms with Crippen LogP contribution in [0.1, 0.15) is 12.8 Å². The molecule has 3 aromatic rings. The van der Waals surface area contributed by atoms with Gasteiger partial charge in [0, 0.05) is 29.7 Å². The standard InChI is InChI=1S/C19H17ClN2O2S/c20-14-7-9-15(10-8-14)25(23,24)18-13-21-17-6-2-1-5-16(17)19(18)22-11-3-4-12-22/h1-2,5-10,13H,3-4,11-12H2. The summed E-state index contributed by atoms with van der Waals surface area (Å²) in [7, 11) is -3.68. The normalized spacial score (nSPS) is 15.0. The van der Waals surface area contributed by atoms with E-state index in [1.807, 2.05) is 24.3 Å². The summed E-state index contributed by atoms with van der Waals surface area (Å²) in [4.78, 5) is 7.04. The van der Waals surface area contributed by atoms with Crippen LogP contribution >= 0.6 is 11.6 Å². The zero-order valence-electron chi connectivity index (χ0n) is 13.5. The molecule has 0 bridgehead atoms. The highest BCUT2D eigenvalue weighted by Crippen LogP contribution is 2.37. The van der Waals surface area contributed by atoms with Gasteiger partial charge in [0.1, 0.15) is 4.90 Å². The van der Waals surface area contributed by atoms with Gasteiger partial charge in [0.15, 0.2) is 0 Å². The van der Waals surface area contributed by atoms with E-state index in [9.17, 15) is 8.42 Å². The zero-order valence-corrected chi connectivity index (χ0v) is 15.1. The summed E-state index contributed by atoms with van der Waals surface area (Å²) in [5.74, 6) is 0. The van der Waals surface area contributed by atoms with Crippen molar-refractivity contribution < 1.29 is 8.42 Å². The lowest BCUT2D eigenvalue weighted by molar-refractivity contribution is 0.595. The largest absolute Gasteiger partial charge is 0.370 e. The molecule has 0 spiro atoms. The molecule has 0 amide bonds. The maximum absolute atomic E-state index is 13.3. The van der Waals surface area contributed by atoms with Crippen LogP contribution in [0.3, 0.4) is 0 Å². The highest BCUT2D eigenvalue weighted by molar-refractivity contribution is 7.91. The molecule has 0 saturated carbocycles. The second-order valence-corrected chi connectivity index (χ2v) is 8.49. The Morgan fingerprint density at radius 2 is 1.64 bits per heavy atom. The number of para-hydroxylation sites is 1. The van der Waals surface area contributed by atoms with E-state index in [-0.39, 0.29) is 9.79 Å². The first kappa shape index (κ1) is 16.4. The van der Waals surface area contributed by atoms with Crippen molar-refractivity contribution in [2.24, 2.45) is 0 Å². The number of anilines is 1. The number of rotatable bonds is 3. The number of pyridine rings is 1. The van der Waals surface area contributed by atoms with Gasteiger partial charge >= 0.3 is 0 Å². The number of aromatic nitrogens is 1. The first-order chi connectivity index (χ1) is 12.1. The number of hydrogen-bond donors (Lipinski definition) is 0. The first-order valence-electron chi connectivity index (χ1n) is 8.21. The molecule has 4 nitrogen and oxygen atoms in total. The van der Waals surface area contributed by atoms with Crippen molar-refractivity contribution in [2.75, 3.05) is 18.0 Å². The Hall–Kier alpha value is -2.11. The van der Waals surface area contributed by atoms with Crippen molar-refractivity contribution in [1.29, 1.82) is 0 Å². The summed E-state index contributed by atoms with van der Waals surface area (Å²) in [5.41, 5.74) is 1.57. The Morgan fingerprint density at radius 3 is 2.36 bits per heavy atom. The molecule has 4 rings (SSSR count). The van der Waals surface area contributed by atoms with Gasteiger partial charge in [-0.05, 0) is 43.2 Å². The fourth-order valence-corrected chi connectivity index (χ4v) is 4.87. The van der Waals surface area contributed by atoms with E-state index in [1.54, 1.807) is 24.3 Å². The Bertz CT molecular complexity index is 1030. The molecule has 0 N–H and O–H groups in total. The Kier molecular flexibility index (Phi) is 4.13. The molecule has 1 aliphatic heterocycles. The minimum Gasteiger partial charge on any atom is -0.370 e. The molecule has 0 unspecified atom stereocenters. The number of benzene rings is 2. The molecular weight excluding hydrogens is 356 g/mol. The number of nitrogens with zero attached hydrogens (tertiary/aromatic N) is 2. The van der Waals surface area contributed by atoms with Crippen molar-refractivity contribution in [3.05, 3.63) is 59.8 Å². The minimum absolute atomic E-state index is 0.231. The van der Waals surface area contributed by atoms with Gasteiger partial charge in [-0.1, -0.05) is 29.8 Å². The average molecular weight is 373 g/mol. The van der Waals surface area contributed by atoms with E-state index >= 15 is 0 Å². The maximum Gasteiger partial charge on any atom is 0.210 e. The summed E-state index contributed by atoms with van der Waals surface area (Å²) < 4.78 is 26.5. The third-order valence-electron chi connectivity index (χ3n) is 4.55. The molecule has 1 aliphatic rings. The van der Waals surface area contributed by atoms with Crippen LogP contribution in [0.2, 0.25) is 5.02 Å². The smallest absolute Gasteiger partial charge is 0.210 e. The van der Waals surface area contributed by atoms with Crippen LogP contribution in [0.25, 0.3) is 10.9 Å². The Balaban J connectivity index is 1.97. The lowest BCUT2D eigenvalue weighted by Crippen LogP contribution is -2.21. The third kappa shape index (κ3) is 2.87. The highest BCUT2D eigenvalue weighted by atomic mass is 35.5. The summed E-state index contributed by atoms with van der Waals surface area (Å²) >= 11 is 5.91. The summed E-state index contributed by atoms with van der Waals surface area (Å²) in [5, 5.41) is 1.38. The molecule has 1 fully saturated rings. The highest BCUT2D eigenvalue weighted by Gasteiger charge is 2.27. The number of halogens is 1.